The van der Waals surface area contributed by atoms with Crippen LogP contribution in [-0.4, -0.2) is 51.6 Å². The number of rotatable bonds is 6. The van der Waals surface area contributed by atoms with E-state index < -0.39 is 16.8 Å². The number of methoxy groups -OCH3 is 1. The van der Waals surface area contributed by atoms with Crippen molar-refractivity contribution in [2.75, 3.05) is 18.6 Å². The minimum Gasteiger partial charge on any atom is -0.496 e. The zero-order valence-electron chi connectivity index (χ0n) is 19.7. The second-order valence-electron chi connectivity index (χ2n) is 8.95. The molecule has 0 bridgehead atoms. The van der Waals surface area contributed by atoms with Crippen LogP contribution in [0.1, 0.15) is 32.8 Å². The van der Waals surface area contributed by atoms with E-state index in [1.807, 2.05) is 69.3 Å². The first kappa shape index (κ1) is 23.8. The van der Waals surface area contributed by atoms with Crippen LogP contribution in [0.5, 0.6) is 5.75 Å². The number of nitrogens with zero attached hydrogens (tertiary/aromatic N) is 3. The fraction of sp³-hybridized carbons (Fsp3) is 0.360. The van der Waals surface area contributed by atoms with Crippen molar-refractivity contribution in [1.29, 1.82) is 0 Å². The Labute approximate surface area is 203 Å². The number of nitrogens with one attached hydrogen (secondary N) is 1. The highest BCUT2D eigenvalue weighted by molar-refractivity contribution is 8.00. The van der Waals surface area contributed by atoms with E-state index >= 15 is 0 Å². The fourth-order valence-electron chi connectivity index (χ4n) is 3.85. The first-order valence-corrected chi connectivity index (χ1v) is 12.0. The number of esters is 1. The largest absolute Gasteiger partial charge is 0.496 e. The molecule has 8 nitrogen and oxygen atoms in total. The van der Waals surface area contributed by atoms with E-state index in [1.165, 1.54) is 16.7 Å². The van der Waals surface area contributed by atoms with Crippen molar-refractivity contribution < 1.29 is 19.1 Å². The number of carbonyl (C=O) groups is 2. The van der Waals surface area contributed by atoms with Crippen LogP contribution in [0.15, 0.2) is 53.7 Å². The molecule has 0 spiro atoms. The summed E-state index contributed by atoms with van der Waals surface area (Å²) in [6.45, 7) is 5.28. The van der Waals surface area contributed by atoms with E-state index in [-0.39, 0.29) is 12.5 Å². The monoisotopic (exact) mass is 480 g/mol. The number of aryl methyl sites for hydroxylation is 1. The van der Waals surface area contributed by atoms with Crippen molar-refractivity contribution in [3.05, 3.63) is 54.1 Å². The van der Waals surface area contributed by atoms with Gasteiger partial charge in [0.05, 0.1) is 17.9 Å². The third-order valence-electron chi connectivity index (χ3n) is 5.28. The van der Waals surface area contributed by atoms with Crippen molar-refractivity contribution >= 4 is 29.3 Å². The van der Waals surface area contributed by atoms with Crippen molar-refractivity contribution in [2.45, 2.75) is 49.6 Å². The number of anilines is 1. The number of amides is 1. The van der Waals surface area contributed by atoms with Crippen LogP contribution in [0.25, 0.3) is 11.4 Å². The van der Waals surface area contributed by atoms with Crippen LogP contribution >= 0.6 is 11.8 Å². The van der Waals surface area contributed by atoms with Crippen LogP contribution in [0.3, 0.4) is 0 Å². The average molecular weight is 481 g/mol. The first-order chi connectivity index (χ1) is 16.2. The Kier molecular flexibility index (Phi) is 6.92. The molecule has 0 fully saturated rings. The average Bonchev–Trinajstić information content (AvgIpc) is 3.22. The van der Waals surface area contributed by atoms with Crippen LogP contribution in [-0.2, 0) is 20.7 Å². The summed E-state index contributed by atoms with van der Waals surface area (Å²) >= 11 is 1.29. The second-order valence-corrected chi connectivity index (χ2v) is 10.1. The number of hydrogen-bond acceptors (Lipinski definition) is 7. The first-order valence-electron chi connectivity index (χ1n) is 11.1. The van der Waals surface area contributed by atoms with Crippen LogP contribution in [0, 0.1) is 0 Å². The van der Waals surface area contributed by atoms with Crippen molar-refractivity contribution in [3.8, 4) is 17.1 Å². The summed E-state index contributed by atoms with van der Waals surface area (Å²) in [7, 11) is 1.60. The van der Waals surface area contributed by atoms with Gasteiger partial charge >= 0.3 is 5.97 Å². The molecule has 1 aromatic heterocycles. The molecule has 0 radical (unpaired) electrons. The molecule has 3 aromatic rings. The standard InChI is InChI=1S/C25H28N4O4S/c1-25(2,3)33-21(30)15-29-18-11-7-5-9-16(18)13-14-20(23(29)31)34-24-26-22(27-28-24)17-10-6-8-12-19(17)32-4/h5-12,20H,13-15H2,1-4H3,(H,26,27,28)/t20-/m1/s1. The number of benzene rings is 2. The molecule has 1 atom stereocenters. The molecule has 2 aromatic carbocycles. The van der Waals surface area contributed by atoms with Crippen LogP contribution < -0.4 is 9.64 Å². The third kappa shape index (κ3) is 5.41. The topological polar surface area (TPSA) is 97.4 Å². The van der Waals surface area contributed by atoms with Gasteiger partial charge in [-0.3, -0.25) is 19.6 Å². The van der Waals surface area contributed by atoms with Crippen LogP contribution in [0.4, 0.5) is 5.69 Å². The molecule has 1 aliphatic heterocycles. The number of aromatic amines is 1. The molecule has 0 unspecified atom stereocenters. The molecule has 1 aliphatic rings. The van der Waals surface area contributed by atoms with Gasteiger partial charge in [-0.05, 0) is 57.4 Å². The van der Waals surface area contributed by atoms with E-state index in [9.17, 15) is 9.59 Å². The Morgan fingerprint density at radius 1 is 1.18 bits per heavy atom. The Balaban J connectivity index is 1.57. The predicted molar refractivity (Wildman–Crippen MR) is 131 cm³/mol. The highest BCUT2D eigenvalue weighted by atomic mass is 32.2. The second kappa shape index (κ2) is 9.89. The molecule has 0 aliphatic carbocycles. The van der Waals surface area contributed by atoms with Gasteiger partial charge in [0.25, 0.3) is 0 Å². The number of fused-ring (bicyclic) bond motifs is 1. The Hall–Kier alpha value is -3.33. The number of hydrogen-bond donors (Lipinski definition) is 1. The molecule has 0 saturated carbocycles. The molecular weight excluding hydrogens is 452 g/mol. The van der Waals surface area contributed by atoms with Gasteiger partial charge in [0, 0.05) is 5.69 Å². The summed E-state index contributed by atoms with van der Waals surface area (Å²) in [4.78, 5) is 32.3. The lowest BCUT2D eigenvalue weighted by molar-refractivity contribution is -0.153. The molecule has 1 N–H and O–H groups in total. The zero-order valence-corrected chi connectivity index (χ0v) is 20.5. The maximum absolute atomic E-state index is 13.6. The lowest BCUT2D eigenvalue weighted by atomic mass is 10.1. The number of ether oxygens (including phenoxy) is 2. The van der Waals surface area contributed by atoms with Crippen molar-refractivity contribution in [1.82, 2.24) is 15.2 Å². The van der Waals surface area contributed by atoms with Gasteiger partial charge in [-0.15, -0.1) is 5.10 Å². The lowest BCUT2D eigenvalue weighted by Crippen LogP contribution is -2.42. The van der Waals surface area contributed by atoms with Gasteiger partial charge in [0.15, 0.2) is 5.82 Å². The number of thioether (sulfide) groups is 1. The maximum atomic E-state index is 13.6. The molecule has 1 amide bonds. The SMILES string of the molecule is COc1ccccc1-c1nc(S[C@@H]2CCc3ccccc3N(CC(=O)OC(C)(C)C)C2=O)n[nH]1. The maximum Gasteiger partial charge on any atom is 0.326 e. The molecule has 178 valence electrons. The summed E-state index contributed by atoms with van der Waals surface area (Å²) in [6.07, 6.45) is 1.30. The molecular formula is C25H28N4O4S. The van der Waals surface area contributed by atoms with E-state index in [1.54, 1.807) is 7.11 Å². The Morgan fingerprint density at radius 2 is 1.91 bits per heavy atom. The summed E-state index contributed by atoms with van der Waals surface area (Å²) in [6, 6.07) is 15.2. The normalized spacial score (nSPS) is 16.1. The van der Waals surface area contributed by atoms with E-state index in [2.05, 4.69) is 15.2 Å². The molecule has 9 heteroatoms. The molecule has 2 heterocycles. The minimum absolute atomic E-state index is 0.148. The highest BCUT2D eigenvalue weighted by Gasteiger charge is 2.34. The summed E-state index contributed by atoms with van der Waals surface area (Å²) in [5.74, 6) is 0.636. The number of carbonyl (C=O) groups excluding carboxylic acids is 2. The highest BCUT2D eigenvalue weighted by Crippen LogP contribution is 2.35. The molecule has 34 heavy (non-hydrogen) atoms. The quantitative estimate of drug-likeness (QED) is 0.527. The van der Waals surface area contributed by atoms with Gasteiger partial charge in [-0.1, -0.05) is 42.1 Å². The zero-order chi connectivity index (χ0) is 24.3. The summed E-state index contributed by atoms with van der Waals surface area (Å²) in [5.41, 5.74) is 1.92. The lowest BCUT2D eigenvalue weighted by Gasteiger charge is -2.26. The Morgan fingerprint density at radius 3 is 2.68 bits per heavy atom. The molecule has 4 rings (SSSR count). The van der Waals surface area contributed by atoms with Crippen LogP contribution in [0.2, 0.25) is 0 Å². The van der Waals surface area contributed by atoms with Crippen molar-refractivity contribution in [3.63, 3.8) is 0 Å². The smallest absolute Gasteiger partial charge is 0.326 e. The number of aromatic nitrogens is 3. The summed E-state index contributed by atoms with van der Waals surface area (Å²) in [5, 5.41) is 7.27. The predicted octanol–water partition coefficient (Wildman–Crippen LogP) is 4.26. The van der Waals surface area contributed by atoms with Gasteiger partial charge in [-0.25, -0.2) is 4.98 Å². The van der Waals surface area contributed by atoms with Gasteiger partial charge in [-0.2, -0.15) is 0 Å². The summed E-state index contributed by atoms with van der Waals surface area (Å²) < 4.78 is 10.9. The minimum atomic E-state index is -0.631. The van der Waals surface area contributed by atoms with Gasteiger partial charge < -0.3 is 9.47 Å². The number of H-pyrrole nitrogens is 1. The third-order valence-corrected chi connectivity index (χ3v) is 6.40. The van der Waals surface area contributed by atoms with Gasteiger partial charge in [0.1, 0.15) is 17.9 Å². The van der Waals surface area contributed by atoms with E-state index in [0.29, 0.717) is 29.6 Å². The fourth-order valence-corrected chi connectivity index (χ4v) is 4.81. The van der Waals surface area contributed by atoms with E-state index in [4.69, 9.17) is 9.47 Å². The Bertz CT molecular complexity index is 1190. The van der Waals surface area contributed by atoms with E-state index in [0.717, 1.165) is 16.8 Å². The molecule has 0 saturated heterocycles. The van der Waals surface area contributed by atoms with Crippen molar-refractivity contribution in [2.24, 2.45) is 0 Å². The van der Waals surface area contributed by atoms with Gasteiger partial charge in [0.2, 0.25) is 11.1 Å². The number of para-hydroxylation sites is 2.